The molecule has 2 aromatic rings. The minimum absolute atomic E-state index is 0.0606. The Kier molecular flexibility index (Phi) is 8.03. The fraction of sp³-hybridized carbons (Fsp3) is 0.462. The fourth-order valence-corrected chi connectivity index (χ4v) is 4.53. The number of hydrogen-bond acceptors (Lipinski definition) is 6. The van der Waals surface area contributed by atoms with Crippen molar-refractivity contribution in [2.24, 2.45) is 0 Å². The van der Waals surface area contributed by atoms with Crippen LogP contribution in [0.2, 0.25) is 0 Å². The van der Waals surface area contributed by atoms with Crippen LogP contribution in [0.3, 0.4) is 0 Å². The van der Waals surface area contributed by atoms with Gasteiger partial charge in [0, 0.05) is 38.3 Å². The Morgan fingerprint density at radius 3 is 2.68 bits per heavy atom. The minimum Gasteiger partial charge on any atom is -0.493 e. The number of rotatable bonds is 10. The fourth-order valence-electron chi connectivity index (χ4n) is 4.53. The molecule has 34 heavy (non-hydrogen) atoms. The number of morpholine rings is 1. The Morgan fingerprint density at radius 2 is 1.94 bits per heavy atom. The second-order valence-electron chi connectivity index (χ2n) is 8.46. The van der Waals surface area contributed by atoms with E-state index in [1.807, 2.05) is 49.4 Å². The van der Waals surface area contributed by atoms with Crippen LogP contribution in [-0.4, -0.2) is 74.7 Å². The molecule has 2 aromatic carbocycles. The predicted molar refractivity (Wildman–Crippen MR) is 128 cm³/mol. The lowest BCUT2D eigenvalue weighted by molar-refractivity contribution is -0.122. The van der Waals surface area contributed by atoms with Crippen molar-refractivity contribution in [1.29, 1.82) is 0 Å². The quantitative estimate of drug-likeness (QED) is 0.579. The average molecular weight is 468 g/mol. The van der Waals surface area contributed by atoms with Crippen molar-refractivity contribution in [2.45, 2.75) is 25.9 Å². The number of amides is 2. The smallest absolute Gasteiger partial charge is 0.255 e. The SMILES string of the molecule is CCOc1ccc([C@@H](CC(=O)NCCN2CCOCC2)N2Cc3ccccc3C2=O)cc1OC. The summed E-state index contributed by atoms with van der Waals surface area (Å²) < 4.78 is 16.6. The van der Waals surface area contributed by atoms with Crippen molar-refractivity contribution in [2.75, 3.05) is 53.1 Å². The molecule has 2 aliphatic rings. The van der Waals surface area contributed by atoms with E-state index in [0.29, 0.717) is 36.8 Å². The largest absolute Gasteiger partial charge is 0.493 e. The summed E-state index contributed by atoms with van der Waals surface area (Å²) in [6, 6.07) is 12.8. The zero-order chi connectivity index (χ0) is 23.9. The lowest BCUT2D eigenvalue weighted by Gasteiger charge is -2.29. The van der Waals surface area contributed by atoms with E-state index < -0.39 is 6.04 Å². The lowest BCUT2D eigenvalue weighted by atomic mass is 10.0. The maximum atomic E-state index is 13.3. The summed E-state index contributed by atoms with van der Waals surface area (Å²) in [5, 5.41) is 3.03. The molecule has 1 fully saturated rings. The van der Waals surface area contributed by atoms with Gasteiger partial charge in [-0.2, -0.15) is 0 Å². The van der Waals surface area contributed by atoms with Gasteiger partial charge in [-0.05, 0) is 36.2 Å². The standard InChI is InChI=1S/C26H33N3O5/c1-3-34-23-9-8-19(16-24(23)32-2)22(29-18-20-6-4-5-7-21(20)26(29)31)17-25(30)27-10-11-28-12-14-33-15-13-28/h4-9,16,22H,3,10-15,17-18H2,1-2H3,(H,27,30)/t22-/m1/s1. The lowest BCUT2D eigenvalue weighted by Crippen LogP contribution is -2.42. The normalized spacial score (nSPS) is 16.8. The van der Waals surface area contributed by atoms with Gasteiger partial charge in [0.2, 0.25) is 5.91 Å². The summed E-state index contributed by atoms with van der Waals surface area (Å²) in [5.74, 6) is 1.07. The zero-order valence-corrected chi connectivity index (χ0v) is 19.9. The molecule has 0 bridgehead atoms. The van der Waals surface area contributed by atoms with Crippen molar-refractivity contribution in [3.8, 4) is 11.5 Å². The van der Waals surface area contributed by atoms with Gasteiger partial charge in [-0.3, -0.25) is 14.5 Å². The van der Waals surface area contributed by atoms with Crippen LogP contribution in [0.5, 0.6) is 11.5 Å². The maximum Gasteiger partial charge on any atom is 0.255 e. The molecule has 8 heteroatoms. The van der Waals surface area contributed by atoms with Gasteiger partial charge in [-0.25, -0.2) is 0 Å². The highest BCUT2D eigenvalue weighted by atomic mass is 16.5. The van der Waals surface area contributed by atoms with E-state index >= 15 is 0 Å². The molecule has 182 valence electrons. The van der Waals surface area contributed by atoms with Gasteiger partial charge in [0.15, 0.2) is 11.5 Å². The topological polar surface area (TPSA) is 80.3 Å². The number of carbonyl (C=O) groups is 2. The second-order valence-corrected chi connectivity index (χ2v) is 8.46. The van der Waals surface area contributed by atoms with E-state index in [0.717, 1.165) is 44.0 Å². The van der Waals surface area contributed by atoms with Crippen LogP contribution < -0.4 is 14.8 Å². The summed E-state index contributed by atoms with van der Waals surface area (Å²) >= 11 is 0. The molecule has 1 saturated heterocycles. The van der Waals surface area contributed by atoms with Crippen LogP contribution >= 0.6 is 0 Å². The average Bonchev–Trinajstić information content (AvgIpc) is 3.20. The Balaban J connectivity index is 1.51. The molecule has 8 nitrogen and oxygen atoms in total. The Bertz CT molecular complexity index is 1010. The first-order valence-electron chi connectivity index (χ1n) is 11.9. The molecule has 0 radical (unpaired) electrons. The molecule has 2 heterocycles. The van der Waals surface area contributed by atoms with E-state index in [-0.39, 0.29) is 18.2 Å². The van der Waals surface area contributed by atoms with Gasteiger partial charge in [-0.15, -0.1) is 0 Å². The third kappa shape index (κ3) is 5.51. The van der Waals surface area contributed by atoms with Crippen molar-refractivity contribution in [1.82, 2.24) is 15.1 Å². The minimum atomic E-state index is -0.423. The van der Waals surface area contributed by atoms with E-state index in [9.17, 15) is 9.59 Å². The van der Waals surface area contributed by atoms with Gasteiger partial charge in [0.05, 0.1) is 39.4 Å². The van der Waals surface area contributed by atoms with Crippen LogP contribution in [0.25, 0.3) is 0 Å². The van der Waals surface area contributed by atoms with Crippen LogP contribution in [0, 0.1) is 0 Å². The summed E-state index contributed by atoms with van der Waals surface area (Å²) in [4.78, 5) is 30.3. The second kappa shape index (κ2) is 11.4. The molecule has 0 aliphatic carbocycles. The molecule has 2 amide bonds. The first-order valence-corrected chi connectivity index (χ1v) is 11.9. The van der Waals surface area contributed by atoms with Crippen molar-refractivity contribution in [3.05, 3.63) is 59.2 Å². The van der Waals surface area contributed by atoms with Crippen LogP contribution in [0.4, 0.5) is 0 Å². The third-order valence-corrected chi connectivity index (χ3v) is 6.33. The summed E-state index contributed by atoms with van der Waals surface area (Å²) in [6.07, 6.45) is 0.167. The molecule has 1 N–H and O–H groups in total. The summed E-state index contributed by atoms with van der Waals surface area (Å²) in [5.41, 5.74) is 2.51. The maximum absolute atomic E-state index is 13.3. The highest BCUT2D eigenvalue weighted by molar-refractivity contribution is 5.98. The van der Waals surface area contributed by atoms with Crippen LogP contribution in [-0.2, 0) is 16.1 Å². The first kappa shape index (κ1) is 24.0. The molecule has 1 atom stereocenters. The Hall–Kier alpha value is -3.10. The molecule has 0 spiro atoms. The molecule has 2 aliphatic heterocycles. The monoisotopic (exact) mass is 467 g/mol. The molecule has 0 aromatic heterocycles. The number of fused-ring (bicyclic) bond motifs is 1. The number of nitrogens with zero attached hydrogens (tertiary/aromatic N) is 2. The Morgan fingerprint density at radius 1 is 1.15 bits per heavy atom. The summed E-state index contributed by atoms with van der Waals surface area (Å²) in [7, 11) is 1.59. The van der Waals surface area contributed by atoms with E-state index in [4.69, 9.17) is 14.2 Å². The highest BCUT2D eigenvalue weighted by Crippen LogP contribution is 2.37. The van der Waals surface area contributed by atoms with Gasteiger partial charge in [0.1, 0.15) is 0 Å². The van der Waals surface area contributed by atoms with Crippen molar-refractivity contribution < 1.29 is 23.8 Å². The van der Waals surface area contributed by atoms with E-state index in [1.54, 1.807) is 12.0 Å². The molecule has 0 saturated carbocycles. The van der Waals surface area contributed by atoms with Gasteiger partial charge >= 0.3 is 0 Å². The van der Waals surface area contributed by atoms with Gasteiger partial charge < -0.3 is 24.4 Å². The molecular formula is C26H33N3O5. The Labute approximate surface area is 200 Å². The number of benzene rings is 2. The number of carbonyl (C=O) groups excluding carboxylic acids is 2. The van der Waals surface area contributed by atoms with Gasteiger partial charge in [0.25, 0.3) is 5.91 Å². The number of hydrogen-bond donors (Lipinski definition) is 1. The predicted octanol–water partition coefficient (Wildman–Crippen LogP) is 2.63. The molecular weight excluding hydrogens is 434 g/mol. The first-order chi connectivity index (χ1) is 16.6. The highest BCUT2D eigenvalue weighted by Gasteiger charge is 2.34. The zero-order valence-electron chi connectivity index (χ0n) is 19.9. The summed E-state index contributed by atoms with van der Waals surface area (Å²) in [6.45, 7) is 7.46. The van der Waals surface area contributed by atoms with E-state index in [1.165, 1.54) is 0 Å². The van der Waals surface area contributed by atoms with Crippen LogP contribution in [0.1, 0.15) is 40.9 Å². The van der Waals surface area contributed by atoms with E-state index in [2.05, 4.69) is 10.2 Å². The van der Waals surface area contributed by atoms with Crippen LogP contribution in [0.15, 0.2) is 42.5 Å². The number of ether oxygens (including phenoxy) is 3. The molecule has 4 rings (SSSR count). The number of nitrogens with one attached hydrogen (secondary N) is 1. The number of methoxy groups -OCH3 is 1. The third-order valence-electron chi connectivity index (χ3n) is 6.33. The van der Waals surface area contributed by atoms with Crippen molar-refractivity contribution in [3.63, 3.8) is 0 Å². The van der Waals surface area contributed by atoms with Gasteiger partial charge in [-0.1, -0.05) is 24.3 Å². The van der Waals surface area contributed by atoms with Crippen molar-refractivity contribution >= 4 is 11.8 Å². The molecule has 0 unspecified atom stereocenters.